The Kier molecular flexibility index (Phi) is 3.02. The maximum atomic E-state index is 11.1. The van der Waals surface area contributed by atoms with Crippen molar-refractivity contribution >= 4 is 22.7 Å². The summed E-state index contributed by atoms with van der Waals surface area (Å²) in [6.07, 6.45) is 6.97. The molecule has 0 aromatic heterocycles. The summed E-state index contributed by atoms with van der Waals surface area (Å²) in [4.78, 5) is 6.31. The fourth-order valence-corrected chi connectivity index (χ4v) is 3.11. The van der Waals surface area contributed by atoms with Crippen LogP contribution < -0.4 is 0 Å². The highest BCUT2D eigenvalue weighted by Gasteiger charge is 2.61. The van der Waals surface area contributed by atoms with Crippen molar-refractivity contribution in [3.8, 4) is 0 Å². The maximum absolute atomic E-state index is 11.1. The fourth-order valence-electron chi connectivity index (χ4n) is 2.92. The van der Waals surface area contributed by atoms with E-state index >= 15 is 0 Å². The molecule has 3 aliphatic carbocycles. The zero-order valence-electron chi connectivity index (χ0n) is 11.0. The van der Waals surface area contributed by atoms with Crippen molar-refractivity contribution in [1.82, 2.24) is 4.90 Å². The second-order valence-corrected chi connectivity index (χ2v) is 7.54. The van der Waals surface area contributed by atoms with Crippen molar-refractivity contribution in [2.45, 2.75) is 51.1 Å². The lowest BCUT2D eigenvalue weighted by Gasteiger charge is -2.68. The minimum atomic E-state index is -1.29. The molecular weight excluding hydrogens is 234 g/mol. The molecular formula is C12H21N3OS. The molecule has 0 aromatic carbocycles. The highest BCUT2D eigenvalue weighted by Crippen LogP contribution is 2.61. The Balaban J connectivity index is 2.09. The molecule has 96 valence electrons. The molecule has 0 heterocycles. The first kappa shape index (κ1) is 12.9. The monoisotopic (exact) mass is 255 g/mol. The molecule has 5 heteroatoms. The average molecular weight is 255 g/mol. The summed E-state index contributed by atoms with van der Waals surface area (Å²) in [6, 6.07) is 0. The summed E-state index contributed by atoms with van der Waals surface area (Å²) < 4.78 is 11.1. The molecule has 3 rings (SSSR count). The van der Waals surface area contributed by atoms with Gasteiger partial charge >= 0.3 is 5.17 Å². The molecule has 0 amide bonds. The van der Waals surface area contributed by atoms with E-state index in [2.05, 4.69) is 30.7 Å². The molecule has 0 aromatic rings. The maximum Gasteiger partial charge on any atom is 0.336 e. The van der Waals surface area contributed by atoms with Gasteiger partial charge in [-0.1, -0.05) is 0 Å². The molecule has 2 bridgehead atoms. The van der Waals surface area contributed by atoms with Gasteiger partial charge in [0.05, 0.1) is 6.34 Å². The number of nitrogens with zero attached hydrogens (tertiary/aromatic N) is 2. The summed E-state index contributed by atoms with van der Waals surface area (Å²) in [5.41, 5.74) is 0.284. The van der Waals surface area contributed by atoms with Crippen molar-refractivity contribution in [3.63, 3.8) is 0 Å². The molecule has 17 heavy (non-hydrogen) atoms. The van der Waals surface area contributed by atoms with Gasteiger partial charge in [-0.2, -0.15) is 4.99 Å². The van der Waals surface area contributed by atoms with Gasteiger partial charge in [0.1, 0.15) is 6.26 Å². The average Bonchev–Trinajstić information content (AvgIpc) is 2.03. The van der Waals surface area contributed by atoms with Crippen LogP contribution in [0.4, 0.5) is 0 Å². The van der Waals surface area contributed by atoms with Crippen LogP contribution in [-0.2, 0) is 11.2 Å². The molecule has 0 radical (unpaired) electrons. The third kappa shape index (κ3) is 2.22. The Morgan fingerprint density at radius 2 is 2.00 bits per heavy atom. The zero-order chi connectivity index (χ0) is 12.8. The van der Waals surface area contributed by atoms with Crippen LogP contribution in [0.5, 0.6) is 0 Å². The summed E-state index contributed by atoms with van der Waals surface area (Å²) in [5.74, 6) is 0.910. The Morgan fingerprint density at radius 1 is 1.47 bits per heavy atom. The van der Waals surface area contributed by atoms with Crippen molar-refractivity contribution < 1.29 is 4.55 Å². The Bertz CT molecular complexity index is 342. The van der Waals surface area contributed by atoms with E-state index in [0.717, 1.165) is 5.92 Å². The summed E-state index contributed by atoms with van der Waals surface area (Å²) in [7, 11) is 0. The number of rotatable bonds is 2. The molecule has 3 saturated carbocycles. The van der Waals surface area contributed by atoms with Crippen LogP contribution in [0.2, 0.25) is 0 Å². The van der Waals surface area contributed by atoms with Crippen LogP contribution in [0.15, 0.2) is 4.99 Å². The van der Waals surface area contributed by atoms with E-state index < -0.39 is 11.2 Å². The largest absolute Gasteiger partial charge is 0.609 e. The third-order valence-corrected chi connectivity index (χ3v) is 4.45. The predicted molar refractivity (Wildman–Crippen MR) is 71.9 cm³/mol. The van der Waals surface area contributed by atoms with E-state index in [1.165, 1.54) is 25.5 Å². The number of aliphatic imine (C=N–C) groups is 1. The third-order valence-electron chi connectivity index (χ3n) is 3.80. The number of hydrogen-bond acceptors (Lipinski definition) is 2. The summed E-state index contributed by atoms with van der Waals surface area (Å²) in [6.45, 7) is 6.48. The Morgan fingerprint density at radius 3 is 2.29 bits per heavy atom. The molecule has 1 unspecified atom stereocenters. The molecule has 4 nitrogen and oxygen atoms in total. The van der Waals surface area contributed by atoms with Gasteiger partial charge in [-0.15, -0.1) is 0 Å². The number of nitrogens with one attached hydrogen (secondary N) is 1. The fraction of sp³-hybridized carbons (Fsp3) is 0.833. The van der Waals surface area contributed by atoms with Gasteiger partial charge in [0.2, 0.25) is 0 Å². The first-order valence-electron chi connectivity index (χ1n) is 6.00. The van der Waals surface area contributed by atoms with E-state index in [1.54, 1.807) is 6.34 Å². The minimum absolute atomic E-state index is 0.00437. The van der Waals surface area contributed by atoms with Crippen LogP contribution in [0.3, 0.4) is 0 Å². The van der Waals surface area contributed by atoms with E-state index in [1.807, 2.05) is 0 Å². The normalized spacial score (nSPS) is 32.9. The van der Waals surface area contributed by atoms with Gasteiger partial charge in [0.25, 0.3) is 0 Å². The van der Waals surface area contributed by atoms with Crippen LogP contribution in [0, 0.1) is 11.3 Å². The second kappa shape index (κ2) is 3.99. The topological polar surface area (TPSA) is 62.5 Å². The highest BCUT2D eigenvalue weighted by atomic mass is 32.2. The summed E-state index contributed by atoms with van der Waals surface area (Å²) >= 11 is -1.29. The zero-order valence-corrected chi connectivity index (χ0v) is 11.8. The van der Waals surface area contributed by atoms with Crippen molar-refractivity contribution in [1.29, 1.82) is 5.41 Å². The SMILES string of the molecule is C[S+]([O-])C(=N)/N=C/N(C(C)(C)C)C12CC(C1)C2. The quantitative estimate of drug-likeness (QED) is 0.466. The van der Waals surface area contributed by atoms with Crippen molar-refractivity contribution in [3.05, 3.63) is 0 Å². The van der Waals surface area contributed by atoms with Crippen LogP contribution in [0.1, 0.15) is 40.0 Å². The molecule has 3 fully saturated rings. The summed E-state index contributed by atoms with van der Waals surface area (Å²) in [5, 5.41) is 7.46. The van der Waals surface area contributed by atoms with Crippen molar-refractivity contribution in [2.75, 3.05) is 6.26 Å². The first-order chi connectivity index (χ1) is 7.74. The molecule has 3 aliphatic rings. The van der Waals surface area contributed by atoms with Gasteiger partial charge in [0.15, 0.2) is 0 Å². The van der Waals surface area contributed by atoms with E-state index in [0.29, 0.717) is 0 Å². The van der Waals surface area contributed by atoms with Crippen LogP contribution in [-0.4, -0.2) is 38.3 Å². The second-order valence-electron chi connectivity index (χ2n) is 6.25. The molecule has 0 aliphatic heterocycles. The van der Waals surface area contributed by atoms with Crippen molar-refractivity contribution in [2.24, 2.45) is 10.9 Å². The lowest BCUT2D eigenvalue weighted by molar-refractivity contribution is -0.136. The van der Waals surface area contributed by atoms with Gasteiger partial charge in [-0.25, -0.2) is 5.41 Å². The minimum Gasteiger partial charge on any atom is -0.609 e. The highest BCUT2D eigenvalue weighted by molar-refractivity contribution is 8.05. The van der Waals surface area contributed by atoms with Crippen LogP contribution >= 0.6 is 0 Å². The lowest BCUT2D eigenvalue weighted by atomic mass is 9.48. The van der Waals surface area contributed by atoms with Gasteiger partial charge in [0, 0.05) is 22.3 Å². The molecule has 1 atom stereocenters. The first-order valence-corrected chi connectivity index (χ1v) is 7.56. The number of amidine groups is 1. The molecule has 1 N–H and O–H groups in total. The van der Waals surface area contributed by atoms with Gasteiger partial charge in [-0.3, -0.25) is 0 Å². The van der Waals surface area contributed by atoms with Crippen LogP contribution in [0.25, 0.3) is 0 Å². The van der Waals surface area contributed by atoms with E-state index in [-0.39, 0.29) is 16.2 Å². The Hall–Kier alpha value is -0.550. The standard InChI is InChI=1S/C12H21N3OS/c1-11(2,3)15(8-14-10(13)17(4)16)12-5-9(6-12)7-12/h8-9,13H,5-7H2,1-4H3/b13-10?,14-8+. The van der Waals surface area contributed by atoms with E-state index in [9.17, 15) is 4.55 Å². The number of hydrogen-bond donors (Lipinski definition) is 1. The van der Waals surface area contributed by atoms with Gasteiger partial charge in [-0.05, 0) is 46.0 Å². The predicted octanol–water partition coefficient (Wildman–Crippen LogP) is 1.98. The van der Waals surface area contributed by atoms with E-state index in [4.69, 9.17) is 5.41 Å². The smallest absolute Gasteiger partial charge is 0.336 e. The molecule has 0 spiro atoms. The lowest BCUT2D eigenvalue weighted by Crippen LogP contribution is -2.71. The molecule has 0 saturated heterocycles. The van der Waals surface area contributed by atoms with Gasteiger partial charge < -0.3 is 9.45 Å². The Labute approximate surface area is 106 Å².